The van der Waals surface area contributed by atoms with Crippen LogP contribution in [0, 0.1) is 0 Å². The van der Waals surface area contributed by atoms with Crippen molar-refractivity contribution in [1.82, 2.24) is 0 Å². The second-order valence-corrected chi connectivity index (χ2v) is 1.74. The van der Waals surface area contributed by atoms with Crippen LogP contribution in [0.1, 0.15) is 0 Å². The molecule has 60 valence electrons. The minimum absolute atomic E-state index is 0.157. The van der Waals surface area contributed by atoms with E-state index in [2.05, 4.69) is 4.74 Å². The second kappa shape index (κ2) is 6.51. The van der Waals surface area contributed by atoms with Gasteiger partial charge in [-0.25, -0.2) is 0 Å². The van der Waals surface area contributed by atoms with Crippen molar-refractivity contribution in [2.75, 3.05) is 27.4 Å². The van der Waals surface area contributed by atoms with Gasteiger partial charge in [-0.05, 0) is 0 Å². The minimum atomic E-state index is -0.157. The summed E-state index contributed by atoms with van der Waals surface area (Å²) in [6, 6.07) is 0. The molecule has 0 rings (SSSR count). The van der Waals surface area contributed by atoms with Crippen molar-refractivity contribution in [3.8, 4) is 0 Å². The molecule has 0 heterocycles. The van der Waals surface area contributed by atoms with Gasteiger partial charge in [0.1, 0.15) is 12.7 Å². The smallest absolute Gasteiger partial charge is 0.293 e. The molecule has 0 saturated carbocycles. The summed E-state index contributed by atoms with van der Waals surface area (Å²) in [5, 5.41) is 0. The molecule has 0 bridgehead atoms. The van der Waals surface area contributed by atoms with Crippen LogP contribution in [-0.2, 0) is 19.0 Å². The first-order chi connectivity index (χ1) is 4.85. The highest BCUT2D eigenvalue weighted by molar-refractivity contribution is 5.36. The summed E-state index contributed by atoms with van der Waals surface area (Å²) in [5.74, 6) is 0. The van der Waals surface area contributed by atoms with E-state index in [0.717, 1.165) is 0 Å². The topological polar surface area (TPSA) is 44.8 Å². The van der Waals surface area contributed by atoms with Crippen LogP contribution in [0.3, 0.4) is 0 Å². The van der Waals surface area contributed by atoms with Crippen LogP contribution in [0.4, 0.5) is 0 Å². The van der Waals surface area contributed by atoms with Crippen LogP contribution in [0.25, 0.3) is 0 Å². The summed E-state index contributed by atoms with van der Waals surface area (Å²) in [4.78, 5) is 9.71. The molecule has 0 aromatic heterocycles. The number of carbonyl (C=O) groups is 1. The van der Waals surface area contributed by atoms with Gasteiger partial charge in [0.25, 0.3) is 6.47 Å². The lowest BCUT2D eigenvalue weighted by molar-refractivity contribution is -0.133. The first kappa shape index (κ1) is 9.39. The fraction of sp³-hybridized carbons (Fsp3) is 0.833. The fourth-order valence-electron chi connectivity index (χ4n) is 0.517. The summed E-state index contributed by atoms with van der Waals surface area (Å²) in [6.45, 7) is 1.07. The Hall–Kier alpha value is -0.610. The molecular formula is C6H12O4. The van der Waals surface area contributed by atoms with Crippen molar-refractivity contribution in [3.05, 3.63) is 0 Å². The van der Waals surface area contributed by atoms with E-state index in [9.17, 15) is 4.79 Å². The van der Waals surface area contributed by atoms with Crippen molar-refractivity contribution < 1.29 is 19.0 Å². The summed E-state index contributed by atoms with van der Waals surface area (Å²) in [7, 11) is 3.10. The van der Waals surface area contributed by atoms with Gasteiger partial charge in [0.2, 0.25) is 0 Å². The van der Waals surface area contributed by atoms with Gasteiger partial charge < -0.3 is 14.2 Å². The van der Waals surface area contributed by atoms with E-state index >= 15 is 0 Å². The first-order valence-corrected chi connectivity index (χ1v) is 2.92. The standard InChI is InChI=1S/C6H12O4/c1-8-3-6(9-2)4-10-5-7/h5-6H,3-4H2,1-2H3. The lowest BCUT2D eigenvalue weighted by Gasteiger charge is -2.11. The minimum Gasteiger partial charge on any atom is -0.465 e. The van der Waals surface area contributed by atoms with Gasteiger partial charge in [-0.1, -0.05) is 0 Å². The molecular weight excluding hydrogens is 136 g/mol. The van der Waals surface area contributed by atoms with E-state index in [-0.39, 0.29) is 12.7 Å². The van der Waals surface area contributed by atoms with Gasteiger partial charge in [-0.2, -0.15) is 0 Å². The molecule has 1 atom stereocenters. The highest BCUT2D eigenvalue weighted by atomic mass is 16.6. The van der Waals surface area contributed by atoms with Crippen LogP contribution in [0.15, 0.2) is 0 Å². The Kier molecular flexibility index (Phi) is 6.11. The molecule has 1 unspecified atom stereocenters. The zero-order chi connectivity index (χ0) is 7.82. The number of methoxy groups -OCH3 is 2. The number of hydrogen-bond acceptors (Lipinski definition) is 4. The maximum Gasteiger partial charge on any atom is 0.293 e. The average molecular weight is 148 g/mol. The Morgan fingerprint density at radius 2 is 2.10 bits per heavy atom. The van der Waals surface area contributed by atoms with Crippen molar-refractivity contribution in [3.63, 3.8) is 0 Å². The highest BCUT2D eigenvalue weighted by Crippen LogP contribution is 1.89. The molecule has 0 aromatic carbocycles. The van der Waals surface area contributed by atoms with Crippen molar-refractivity contribution in [1.29, 1.82) is 0 Å². The van der Waals surface area contributed by atoms with Gasteiger partial charge in [0, 0.05) is 14.2 Å². The van der Waals surface area contributed by atoms with E-state index < -0.39 is 0 Å². The third kappa shape index (κ3) is 4.29. The van der Waals surface area contributed by atoms with Crippen LogP contribution < -0.4 is 0 Å². The second-order valence-electron chi connectivity index (χ2n) is 1.74. The van der Waals surface area contributed by atoms with Crippen molar-refractivity contribution in [2.45, 2.75) is 6.10 Å². The van der Waals surface area contributed by atoms with Gasteiger partial charge in [-0.15, -0.1) is 0 Å². The quantitative estimate of drug-likeness (QED) is 0.490. The van der Waals surface area contributed by atoms with E-state index in [4.69, 9.17) is 9.47 Å². The molecule has 0 radical (unpaired) electrons. The molecule has 0 spiro atoms. The number of rotatable bonds is 6. The molecule has 0 saturated heterocycles. The molecule has 0 aliphatic carbocycles. The molecule has 10 heavy (non-hydrogen) atoms. The Labute approximate surface area is 60.1 Å². The summed E-state index contributed by atoms with van der Waals surface area (Å²) < 4.78 is 14.1. The van der Waals surface area contributed by atoms with Gasteiger partial charge in [0.15, 0.2) is 0 Å². The fourth-order valence-corrected chi connectivity index (χ4v) is 0.517. The molecule has 4 nitrogen and oxygen atoms in total. The predicted molar refractivity (Wildman–Crippen MR) is 34.7 cm³/mol. The summed E-state index contributed by atoms with van der Waals surface area (Å²) in [5.41, 5.74) is 0. The normalized spacial score (nSPS) is 12.6. The number of hydrogen-bond donors (Lipinski definition) is 0. The maximum atomic E-state index is 9.71. The third-order valence-corrected chi connectivity index (χ3v) is 1.04. The van der Waals surface area contributed by atoms with Gasteiger partial charge >= 0.3 is 0 Å². The third-order valence-electron chi connectivity index (χ3n) is 1.04. The molecule has 0 aliphatic heterocycles. The van der Waals surface area contributed by atoms with Crippen LogP contribution in [-0.4, -0.2) is 40.0 Å². The Morgan fingerprint density at radius 3 is 2.50 bits per heavy atom. The predicted octanol–water partition coefficient (Wildman–Crippen LogP) is -0.179. The van der Waals surface area contributed by atoms with E-state index in [1.807, 2.05) is 0 Å². The Bertz CT molecular complexity index is 83.8. The van der Waals surface area contributed by atoms with E-state index in [1.54, 1.807) is 7.11 Å². The SMILES string of the molecule is COCC(COC=O)OC. The highest BCUT2D eigenvalue weighted by Gasteiger charge is 2.05. The number of ether oxygens (including phenoxy) is 3. The summed E-state index contributed by atoms with van der Waals surface area (Å²) in [6.07, 6.45) is -0.157. The molecule has 0 N–H and O–H groups in total. The largest absolute Gasteiger partial charge is 0.465 e. The van der Waals surface area contributed by atoms with Crippen molar-refractivity contribution in [2.24, 2.45) is 0 Å². The van der Waals surface area contributed by atoms with Gasteiger partial charge in [0.05, 0.1) is 6.61 Å². The zero-order valence-corrected chi connectivity index (χ0v) is 6.20. The lowest BCUT2D eigenvalue weighted by atomic mass is 10.4. The van der Waals surface area contributed by atoms with E-state index in [0.29, 0.717) is 13.1 Å². The molecule has 0 fully saturated rings. The Balaban J connectivity index is 3.29. The van der Waals surface area contributed by atoms with Crippen molar-refractivity contribution >= 4 is 6.47 Å². The Morgan fingerprint density at radius 1 is 1.40 bits per heavy atom. The molecule has 0 amide bonds. The molecule has 0 aromatic rings. The van der Waals surface area contributed by atoms with Gasteiger partial charge in [-0.3, -0.25) is 4.79 Å². The maximum absolute atomic E-state index is 9.71. The number of carbonyl (C=O) groups excluding carboxylic acids is 1. The lowest BCUT2D eigenvalue weighted by Crippen LogP contribution is -2.23. The van der Waals surface area contributed by atoms with Crippen LogP contribution >= 0.6 is 0 Å². The first-order valence-electron chi connectivity index (χ1n) is 2.92. The monoisotopic (exact) mass is 148 g/mol. The van der Waals surface area contributed by atoms with Crippen LogP contribution in [0.5, 0.6) is 0 Å². The molecule has 0 aliphatic rings. The summed E-state index contributed by atoms with van der Waals surface area (Å²) >= 11 is 0. The van der Waals surface area contributed by atoms with E-state index in [1.165, 1.54) is 7.11 Å². The molecule has 4 heteroatoms. The zero-order valence-electron chi connectivity index (χ0n) is 6.20. The average Bonchev–Trinajstić information content (AvgIpc) is 1.98. The van der Waals surface area contributed by atoms with Crippen LogP contribution in [0.2, 0.25) is 0 Å².